The van der Waals surface area contributed by atoms with Crippen molar-refractivity contribution in [2.75, 3.05) is 6.54 Å². The summed E-state index contributed by atoms with van der Waals surface area (Å²) in [5, 5.41) is 5.55. The van der Waals surface area contributed by atoms with Gasteiger partial charge in [-0.2, -0.15) is 18.3 Å². The van der Waals surface area contributed by atoms with Gasteiger partial charge in [-0.3, -0.25) is 0 Å². The fourth-order valence-electron chi connectivity index (χ4n) is 1.85. The zero-order valence-electron chi connectivity index (χ0n) is 12.2. The Morgan fingerprint density at radius 2 is 2.09 bits per heavy atom. The van der Waals surface area contributed by atoms with Gasteiger partial charge in [0, 0.05) is 12.1 Å². The summed E-state index contributed by atoms with van der Waals surface area (Å²) in [7, 11) is 0. The van der Waals surface area contributed by atoms with Crippen molar-refractivity contribution in [3.8, 4) is 11.3 Å². The molecule has 0 fully saturated rings. The molecule has 8 heteroatoms. The van der Waals surface area contributed by atoms with Crippen LogP contribution in [0.2, 0.25) is 0 Å². The van der Waals surface area contributed by atoms with Crippen LogP contribution in [0.4, 0.5) is 13.2 Å². The van der Waals surface area contributed by atoms with E-state index in [0.717, 1.165) is 12.1 Å². The van der Waals surface area contributed by atoms with Gasteiger partial charge in [-0.1, -0.05) is 12.1 Å². The third-order valence-electron chi connectivity index (χ3n) is 2.98. The van der Waals surface area contributed by atoms with Gasteiger partial charge in [-0.25, -0.2) is 5.01 Å². The van der Waals surface area contributed by atoms with Crippen molar-refractivity contribution in [3.63, 3.8) is 0 Å². The van der Waals surface area contributed by atoms with Crippen molar-refractivity contribution in [2.45, 2.75) is 13.1 Å². The lowest BCUT2D eigenvalue weighted by atomic mass is 10.1. The molecule has 0 aliphatic carbocycles. The predicted octanol–water partition coefficient (Wildman–Crippen LogP) is 3.86. The Balaban J connectivity index is 2.23. The minimum Gasteiger partial charge on any atom is -0.455 e. The molecular weight excluding hydrogens is 327 g/mol. The third-order valence-corrected chi connectivity index (χ3v) is 3.19. The topological polar surface area (TPSA) is 54.8 Å². The number of hydrazone groups is 1. The molecule has 0 aliphatic rings. The van der Waals surface area contributed by atoms with Crippen molar-refractivity contribution >= 4 is 23.5 Å². The van der Waals surface area contributed by atoms with E-state index in [1.54, 1.807) is 18.2 Å². The van der Waals surface area contributed by atoms with Gasteiger partial charge in [0.1, 0.15) is 11.5 Å². The molecule has 2 N–H and O–H groups in total. The molecule has 1 heterocycles. The van der Waals surface area contributed by atoms with E-state index in [0.29, 0.717) is 23.6 Å². The molecule has 0 radical (unpaired) electrons. The SMILES string of the molecule is CCN(N=Cc1ccc(-c2cccc(C(F)(F)F)c2)o1)C(N)=S. The summed E-state index contributed by atoms with van der Waals surface area (Å²) in [4.78, 5) is 0. The second-order valence-electron chi connectivity index (χ2n) is 4.58. The minimum atomic E-state index is -4.40. The molecule has 0 spiro atoms. The summed E-state index contributed by atoms with van der Waals surface area (Å²) in [6.45, 7) is 2.32. The van der Waals surface area contributed by atoms with Crippen LogP contribution in [-0.2, 0) is 6.18 Å². The first kappa shape index (κ1) is 17.0. The number of rotatable bonds is 4. The van der Waals surface area contributed by atoms with Crippen LogP contribution >= 0.6 is 12.2 Å². The molecule has 4 nitrogen and oxygen atoms in total. The van der Waals surface area contributed by atoms with Crippen molar-refractivity contribution < 1.29 is 17.6 Å². The van der Waals surface area contributed by atoms with Gasteiger partial charge in [0.25, 0.3) is 0 Å². The second kappa shape index (κ2) is 6.82. The molecule has 0 saturated carbocycles. The van der Waals surface area contributed by atoms with E-state index in [2.05, 4.69) is 5.10 Å². The normalized spacial score (nSPS) is 11.8. The first-order valence-electron chi connectivity index (χ1n) is 6.69. The fraction of sp³-hybridized carbons (Fsp3) is 0.200. The maximum absolute atomic E-state index is 12.7. The van der Waals surface area contributed by atoms with Gasteiger partial charge in [0.2, 0.25) is 0 Å². The van der Waals surface area contributed by atoms with Crippen molar-refractivity contribution in [1.29, 1.82) is 0 Å². The Kier molecular flexibility index (Phi) is 5.05. The lowest BCUT2D eigenvalue weighted by Gasteiger charge is -2.12. The Labute approximate surface area is 136 Å². The van der Waals surface area contributed by atoms with E-state index in [1.165, 1.54) is 17.3 Å². The average molecular weight is 341 g/mol. The summed E-state index contributed by atoms with van der Waals surface area (Å²) >= 11 is 4.82. The summed E-state index contributed by atoms with van der Waals surface area (Å²) in [6.07, 6.45) is -2.99. The van der Waals surface area contributed by atoms with Crippen LogP contribution in [0.25, 0.3) is 11.3 Å². The summed E-state index contributed by atoms with van der Waals surface area (Å²) in [5.74, 6) is 0.697. The van der Waals surface area contributed by atoms with Gasteiger partial charge in [0.15, 0.2) is 5.11 Å². The number of benzene rings is 1. The van der Waals surface area contributed by atoms with Gasteiger partial charge in [-0.15, -0.1) is 0 Å². The van der Waals surface area contributed by atoms with E-state index in [1.807, 2.05) is 6.92 Å². The third kappa shape index (κ3) is 4.32. The highest BCUT2D eigenvalue weighted by molar-refractivity contribution is 7.80. The van der Waals surface area contributed by atoms with E-state index in [9.17, 15) is 13.2 Å². The van der Waals surface area contributed by atoms with Crippen LogP contribution in [-0.4, -0.2) is 22.9 Å². The summed E-state index contributed by atoms with van der Waals surface area (Å²) in [5.41, 5.74) is 5.08. The van der Waals surface area contributed by atoms with Crippen molar-refractivity contribution in [1.82, 2.24) is 5.01 Å². The van der Waals surface area contributed by atoms with Crippen molar-refractivity contribution in [3.05, 3.63) is 47.7 Å². The molecule has 0 unspecified atom stereocenters. The molecule has 1 aromatic heterocycles. The first-order valence-corrected chi connectivity index (χ1v) is 7.10. The number of halogens is 3. The van der Waals surface area contributed by atoms with E-state index in [4.69, 9.17) is 22.4 Å². The van der Waals surface area contributed by atoms with Crippen LogP contribution in [0.3, 0.4) is 0 Å². The summed E-state index contributed by atoms with van der Waals surface area (Å²) in [6, 6.07) is 8.10. The molecule has 122 valence electrons. The molecule has 0 aliphatic heterocycles. The molecule has 0 amide bonds. The molecule has 0 saturated heterocycles. The zero-order chi connectivity index (χ0) is 17.0. The van der Waals surface area contributed by atoms with Crippen LogP contribution in [0.5, 0.6) is 0 Å². The Bertz CT molecular complexity index is 725. The number of furan rings is 1. The Morgan fingerprint density at radius 3 is 2.70 bits per heavy atom. The van der Waals surface area contributed by atoms with Gasteiger partial charge < -0.3 is 10.2 Å². The number of hydrogen-bond donors (Lipinski definition) is 1. The van der Waals surface area contributed by atoms with Crippen LogP contribution < -0.4 is 5.73 Å². The first-order chi connectivity index (χ1) is 10.8. The smallest absolute Gasteiger partial charge is 0.416 e. The van der Waals surface area contributed by atoms with Crippen LogP contribution in [0, 0.1) is 0 Å². The fourth-order valence-corrected chi connectivity index (χ4v) is 2.02. The quantitative estimate of drug-likeness (QED) is 0.521. The highest BCUT2D eigenvalue weighted by Gasteiger charge is 2.30. The summed E-state index contributed by atoms with van der Waals surface area (Å²) < 4.78 is 43.7. The molecule has 2 rings (SSSR count). The maximum Gasteiger partial charge on any atom is 0.416 e. The van der Waals surface area contributed by atoms with Crippen LogP contribution in [0.15, 0.2) is 45.9 Å². The number of hydrogen-bond acceptors (Lipinski definition) is 3. The highest BCUT2D eigenvalue weighted by atomic mass is 32.1. The van der Waals surface area contributed by atoms with E-state index < -0.39 is 11.7 Å². The highest BCUT2D eigenvalue weighted by Crippen LogP contribution is 2.32. The minimum absolute atomic E-state index is 0.119. The van der Waals surface area contributed by atoms with Gasteiger partial charge in [-0.05, 0) is 43.4 Å². The molecule has 23 heavy (non-hydrogen) atoms. The number of nitrogens with zero attached hydrogens (tertiary/aromatic N) is 2. The number of nitrogens with two attached hydrogens (primary N) is 1. The largest absolute Gasteiger partial charge is 0.455 e. The molecule has 0 bridgehead atoms. The number of thiocarbonyl (C=S) groups is 1. The molecule has 1 aromatic carbocycles. The zero-order valence-corrected chi connectivity index (χ0v) is 13.0. The van der Waals surface area contributed by atoms with E-state index >= 15 is 0 Å². The van der Waals surface area contributed by atoms with E-state index in [-0.39, 0.29) is 5.11 Å². The van der Waals surface area contributed by atoms with Gasteiger partial charge in [0.05, 0.1) is 11.8 Å². The molecule has 2 aromatic rings. The number of alkyl halides is 3. The standard InChI is InChI=1S/C15H14F3N3OS/c1-2-21(14(19)23)20-9-12-6-7-13(22-12)10-4-3-5-11(8-10)15(16,17)18/h3-9H,2H2,1H3,(H2,19,23). The predicted molar refractivity (Wildman–Crippen MR) is 85.9 cm³/mol. The van der Waals surface area contributed by atoms with Crippen molar-refractivity contribution in [2.24, 2.45) is 10.8 Å². The Morgan fingerprint density at radius 1 is 1.35 bits per heavy atom. The second-order valence-corrected chi connectivity index (χ2v) is 5.00. The van der Waals surface area contributed by atoms with Crippen LogP contribution in [0.1, 0.15) is 18.2 Å². The Hall–Kier alpha value is -2.35. The average Bonchev–Trinajstić information content (AvgIpc) is 2.96. The lowest BCUT2D eigenvalue weighted by Crippen LogP contribution is -2.30. The molecular formula is C15H14F3N3OS. The lowest BCUT2D eigenvalue weighted by molar-refractivity contribution is -0.137. The van der Waals surface area contributed by atoms with Gasteiger partial charge >= 0.3 is 6.18 Å². The maximum atomic E-state index is 12.7. The molecule has 0 atom stereocenters. The monoisotopic (exact) mass is 341 g/mol.